The molecule has 18 aromatic rings. The molecule has 6 nitrogen and oxygen atoms in total. The highest BCUT2D eigenvalue weighted by Gasteiger charge is 2.52. The highest BCUT2D eigenvalue weighted by Crippen LogP contribution is 2.57. The molecule has 0 amide bonds. The molecule has 0 saturated carbocycles. The van der Waals surface area contributed by atoms with Crippen LogP contribution in [0, 0.1) is 0 Å². The maximum absolute atomic E-state index is 8.57. The normalized spacial score (nSPS) is 13.0. The zero-order chi connectivity index (χ0) is 71.5. The van der Waals surface area contributed by atoms with Crippen LogP contribution in [0.3, 0.4) is 0 Å². The van der Waals surface area contributed by atoms with Gasteiger partial charge in [-0.05, 0) is 138 Å². The van der Waals surface area contributed by atoms with Gasteiger partial charge in [0.15, 0.2) is 0 Å². The number of anilines is 6. The smallest absolute Gasteiger partial charge is 0.260 e. The van der Waals surface area contributed by atoms with E-state index >= 15 is 0 Å². The lowest BCUT2D eigenvalue weighted by atomic mass is 9.30. The molecule has 0 saturated heterocycles. The van der Waals surface area contributed by atoms with E-state index in [9.17, 15) is 0 Å². The van der Waals surface area contributed by atoms with Crippen molar-refractivity contribution < 1.29 is 9.47 Å². The second kappa shape index (κ2) is 24.0. The first kappa shape index (κ1) is 61.9. The van der Waals surface area contributed by atoms with Gasteiger partial charge in [0.2, 0.25) is 0 Å². The summed E-state index contributed by atoms with van der Waals surface area (Å²) in [4.78, 5) is 5.32. The lowest BCUT2D eigenvalue weighted by Gasteiger charge is -2.48. The van der Waals surface area contributed by atoms with Crippen molar-refractivity contribution in [3.8, 4) is 90.0 Å². The average Bonchev–Trinajstić information content (AvgIpc) is 0.976. The molecule has 8 heteroatoms. The average molecular weight is 1380 g/mol. The molecule has 22 rings (SSSR count). The molecule has 0 aliphatic carbocycles. The zero-order valence-electron chi connectivity index (χ0n) is 59.8. The first-order valence-electron chi connectivity index (χ1n) is 37.5. The van der Waals surface area contributed by atoms with E-state index in [1.54, 1.807) is 0 Å². The first-order valence-corrected chi connectivity index (χ1v) is 37.5. The number of nitrogens with zero attached hydrogens (tertiary/aromatic N) is 4. The van der Waals surface area contributed by atoms with Crippen LogP contribution < -0.4 is 52.1 Å². The van der Waals surface area contributed by atoms with Crippen LogP contribution >= 0.6 is 0 Å². The molecule has 0 N–H and O–H groups in total. The van der Waals surface area contributed by atoms with E-state index in [2.05, 4.69) is 398 Å². The Balaban J connectivity index is 0.934. The van der Waals surface area contributed by atoms with E-state index in [1.807, 2.05) is 0 Å². The van der Waals surface area contributed by atoms with Crippen LogP contribution in [0.4, 0.5) is 34.1 Å². The predicted molar refractivity (Wildman–Crippen MR) is 453 cm³/mol. The van der Waals surface area contributed by atoms with Gasteiger partial charge in [0.25, 0.3) is 13.4 Å². The van der Waals surface area contributed by atoms with Crippen molar-refractivity contribution in [3.63, 3.8) is 0 Å². The molecule has 108 heavy (non-hydrogen) atoms. The van der Waals surface area contributed by atoms with Crippen LogP contribution in [0.1, 0.15) is 26.3 Å². The van der Waals surface area contributed by atoms with E-state index in [0.29, 0.717) is 0 Å². The molecule has 0 atom stereocenters. The SMILES string of the molecule is CC(C)(C)c1cc2c3c(c1)N(c1c(-c4ccccc4)cccc1-c1ccccc1)c1cc4c5c(c1B3c1ccc(-c3ccccc3)cc1N2c1c(-c2ccccc2)cccc1-c1ccccc1)Oc1c(ccc2c1c1ccccc1n2-c1ccccc1)B5c1ccc2c(c1O4)c1ccccc1n2-c1ccccc1. The van der Waals surface area contributed by atoms with Gasteiger partial charge in [-0.15, -0.1) is 0 Å². The van der Waals surface area contributed by atoms with Gasteiger partial charge in [-0.2, -0.15) is 0 Å². The lowest BCUT2D eigenvalue weighted by Crippen LogP contribution is -2.65. The summed E-state index contributed by atoms with van der Waals surface area (Å²) < 4.78 is 21.6. The fourth-order valence-electron chi connectivity index (χ4n) is 18.4. The monoisotopic (exact) mass is 1380 g/mol. The van der Waals surface area contributed by atoms with Gasteiger partial charge in [-0.25, -0.2) is 0 Å². The van der Waals surface area contributed by atoms with Crippen LogP contribution in [-0.4, -0.2) is 22.6 Å². The van der Waals surface area contributed by atoms with Crippen molar-refractivity contribution in [2.45, 2.75) is 26.2 Å². The summed E-state index contributed by atoms with van der Waals surface area (Å²) >= 11 is 0. The minimum absolute atomic E-state index is 0.362. The second-order valence-electron chi connectivity index (χ2n) is 30.1. The topological polar surface area (TPSA) is 34.8 Å². The minimum atomic E-state index is -0.431. The van der Waals surface area contributed by atoms with Crippen molar-refractivity contribution in [3.05, 3.63) is 363 Å². The molecular weight excluding hydrogens is 1310 g/mol. The fourth-order valence-corrected chi connectivity index (χ4v) is 18.4. The van der Waals surface area contributed by atoms with Crippen LogP contribution in [0.2, 0.25) is 0 Å². The number of aromatic nitrogens is 2. The first-order chi connectivity index (χ1) is 53.3. The van der Waals surface area contributed by atoms with E-state index in [1.165, 1.54) is 11.0 Å². The number of fused-ring (bicyclic) bond motifs is 17. The summed E-state index contributed by atoms with van der Waals surface area (Å²) in [6, 6.07) is 132. The Hall–Kier alpha value is -13.6. The Morgan fingerprint density at radius 1 is 0.269 bits per heavy atom. The number of hydrogen-bond acceptors (Lipinski definition) is 4. The molecule has 0 spiro atoms. The van der Waals surface area contributed by atoms with Gasteiger partial charge in [-0.3, -0.25) is 0 Å². The summed E-state index contributed by atoms with van der Waals surface area (Å²) in [5.41, 5.74) is 31.4. The molecule has 0 bridgehead atoms. The molecule has 6 heterocycles. The van der Waals surface area contributed by atoms with Gasteiger partial charge in [0.05, 0.1) is 44.2 Å². The van der Waals surface area contributed by atoms with Crippen LogP contribution in [0.15, 0.2) is 358 Å². The highest BCUT2D eigenvalue weighted by molar-refractivity contribution is 7.03. The quantitative estimate of drug-likeness (QED) is 0.135. The Labute approximate surface area is 628 Å². The highest BCUT2D eigenvalue weighted by atomic mass is 16.5. The molecule has 4 aliphatic heterocycles. The summed E-state index contributed by atoms with van der Waals surface area (Å²) in [7, 11) is 0. The number of rotatable bonds is 9. The number of ether oxygens (including phenoxy) is 2. The van der Waals surface area contributed by atoms with E-state index in [-0.39, 0.29) is 12.1 Å². The van der Waals surface area contributed by atoms with E-state index in [0.717, 1.165) is 195 Å². The number of para-hydroxylation sites is 6. The third kappa shape index (κ3) is 9.23. The second-order valence-corrected chi connectivity index (χ2v) is 30.1. The third-order valence-corrected chi connectivity index (χ3v) is 23.1. The Morgan fingerprint density at radius 3 is 1.11 bits per heavy atom. The van der Waals surface area contributed by atoms with Crippen molar-refractivity contribution in [1.82, 2.24) is 9.13 Å². The Morgan fingerprint density at radius 2 is 0.657 bits per heavy atom. The molecule has 16 aromatic carbocycles. The fraction of sp³-hybridized carbons (Fsp3) is 0.0400. The van der Waals surface area contributed by atoms with E-state index in [4.69, 9.17) is 9.47 Å². The summed E-state index contributed by atoms with van der Waals surface area (Å²) in [5.74, 6) is 3.23. The van der Waals surface area contributed by atoms with Crippen molar-refractivity contribution in [2.75, 3.05) is 9.80 Å². The van der Waals surface area contributed by atoms with Crippen molar-refractivity contribution in [2.24, 2.45) is 0 Å². The van der Waals surface area contributed by atoms with Crippen LogP contribution in [0.5, 0.6) is 23.0 Å². The van der Waals surface area contributed by atoms with Gasteiger partial charge >= 0.3 is 0 Å². The standard InChI is InChI=1S/C100H68B2N4O2/c1-100(2,3)69-60-86-92-87(61-69)106(96-74(66-37-17-7-18-38-66)49-30-50-75(96)67-39-19-8-20-40-67)88-62-89-94-99(93(88)102(92)78-54-53-68(63-31-11-4-12-32-63)59-85(78)105(86)95-72(64-33-13-5-14-34-64)47-29-48-73(95)65-35-15-6-16-36-65)108-98-80(56-58-84-91(98)77-46-26-28-52-82(77)104(84)71-43-23-10-24-44-71)101(94)79-55-57-83-90(97(79)107-89)76-45-25-27-51-81(76)103(83)70-41-21-9-22-42-70/h4-62H,1-3H3. The molecule has 506 valence electrons. The maximum Gasteiger partial charge on any atom is 0.260 e. The van der Waals surface area contributed by atoms with Gasteiger partial charge in [-0.1, -0.05) is 306 Å². The lowest BCUT2D eigenvalue weighted by molar-refractivity contribution is 0.472. The van der Waals surface area contributed by atoms with E-state index < -0.39 is 6.71 Å². The van der Waals surface area contributed by atoms with Crippen LogP contribution in [-0.2, 0) is 5.41 Å². The summed E-state index contributed by atoms with van der Waals surface area (Å²) in [5, 5.41) is 4.36. The molecule has 0 unspecified atom stereocenters. The van der Waals surface area contributed by atoms with Crippen molar-refractivity contribution in [1.29, 1.82) is 0 Å². The maximum atomic E-state index is 8.57. The Bertz CT molecular complexity index is 6590. The molecule has 2 aromatic heterocycles. The predicted octanol–water partition coefficient (Wildman–Crippen LogP) is 22.3. The number of hydrogen-bond donors (Lipinski definition) is 0. The minimum Gasteiger partial charge on any atom is -0.458 e. The zero-order valence-corrected chi connectivity index (χ0v) is 59.8. The molecule has 0 fully saturated rings. The Kier molecular flexibility index (Phi) is 13.7. The van der Waals surface area contributed by atoms with Crippen LogP contribution in [0.25, 0.3) is 111 Å². The largest absolute Gasteiger partial charge is 0.458 e. The number of benzene rings is 16. The summed E-state index contributed by atoms with van der Waals surface area (Å²) in [6.45, 7) is 6.33. The summed E-state index contributed by atoms with van der Waals surface area (Å²) in [6.07, 6.45) is 0. The third-order valence-electron chi connectivity index (χ3n) is 23.1. The molecular formula is C100H68B2N4O2. The molecule has 4 aliphatic rings. The van der Waals surface area contributed by atoms with Gasteiger partial charge in [0, 0.05) is 78.7 Å². The van der Waals surface area contributed by atoms with Gasteiger partial charge < -0.3 is 28.4 Å². The molecule has 0 radical (unpaired) electrons. The van der Waals surface area contributed by atoms with Gasteiger partial charge in [0.1, 0.15) is 23.0 Å². The van der Waals surface area contributed by atoms with Crippen molar-refractivity contribution >= 4 is 124 Å².